The fraction of sp³-hybridized carbons (Fsp3) is 0.469. The average molecular weight is 932 g/mol. The molecule has 3 aromatic rings. The number of ether oxygens (including phenoxy) is 5. The monoisotopic (exact) mass is 931 g/mol. The Bertz CT molecular complexity index is 2340. The first-order valence-corrected chi connectivity index (χ1v) is 21.6. The van der Waals surface area contributed by atoms with E-state index in [4.69, 9.17) is 23.7 Å². The van der Waals surface area contributed by atoms with E-state index >= 15 is 4.79 Å². The van der Waals surface area contributed by atoms with Crippen molar-refractivity contribution in [3.63, 3.8) is 0 Å². The Labute approximate surface area is 387 Å². The van der Waals surface area contributed by atoms with Gasteiger partial charge in [0, 0.05) is 37.7 Å². The van der Waals surface area contributed by atoms with Crippen LogP contribution in [0.2, 0.25) is 0 Å². The molecule has 11 atom stereocenters. The zero-order valence-electron chi connectivity index (χ0n) is 38.5. The van der Waals surface area contributed by atoms with Crippen molar-refractivity contribution in [1.29, 1.82) is 0 Å². The fourth-order valence-electron chi connectivity index (χ4n) is 10.3. The Balaban J connectivity index is 0.00000141. The second kappa shape index (κ2) is 20.2. The first-order valence-electron chi connectivity index (χ1n) is 21.6. The zero-order chi connectivity index (χ0) is 49.1. The van der Waals surface area contributed by atoms with Crippen LogP contribution in [0.4, 0.5) is 0 Å². The van der Waals surface area contributed by atoms with Crippen molar-refractivity contribution in [2.24, 2.45) is 16.7 Å². The number of benzene rings is 3. The number of esters is 4. The summed E-state index contributed by atoms with van der Waals surface area (Å²) in [5.41, 5.74) is -7.02. The van der Waals surface area contributed by atoms with E-state index in [2.05, 4.69) is 20.1 Å². The van der Waals surface area contributed by atoms with Gasteiger partial charge < -0.3 is 44.3 Å². The molecule has 360 valence electrons. The highest BCUT2D eigenvalue weighted by molar-refractivity contribution is 5.96. The van der Waals surface area contributed by atoms with E-state index in [1.54, 1.807) is 92.7 Å². The van der Waals surface area contributed by atoms with Crippen LogP contribution in [0.1, 0.15) is 86.7 Å². The van der Waals surface area contributed by atoms with Crippen LogP contribution in [0.25, 0.3) is 0 Å². The van der Waals surface area contributed by atoms with Crippen LogP contribution < -0.4 is 5.32 Å². The lowest BCUT2D eigenvalue weighted by molar-refractivity contribution is -0.491. The summed E-state index contributed by atoms with van der Waals surface area (Å²) in [5.74, 6) is -6.84. The summed E-state index contributed by atoms with van der Waals surface area (Å²) < 4.78 is 30.3. The number of hydrogen-bond donors (Lipinski definition) is 4. The summed E-state index contributed by atoms with van der Waals surface area (Å²) in [4.78, 5) is 91.4. The molecule has 1 heterocycles. The quantitative estimate of drug-likeness (QED) is 0.0662. The van der Waals surface area contributed by atoms with Gasteiger partial charge in [0.05, 0.1) is 49.9 Å². The number of aliphatic hydroxyl groups is 3. The molecule has 4 aliphatic rings. The van der Waals surface area contributed by atoms with Crippen molar-refractivity contribution in [1.82, 2.24) is 5.32 Å². The first-order chi connectivity index (χ1) is 31.7. The predicted molar refractivity (Wildman–Crippen MR) is 233 cm³/mol. The van der Waals surface area contributed by atoms with Gasteiger partial charge in [-0.05, 0) is 54.8 Å². The van der Waals surface area contributed by atoms with Crippen LogP contribution in [-0.4, -0.2) is 120 Å². The zero-order valence-corrected chi connectivity index (χ0v) is 38.5. The summed E-state index contributed by atoms with van der Waals surface area (Å²) >= 11 is 0. The number of aliphatic hydroxyl groups excluding tert-OH is 2. The Hall–Kier alpha value is -5.86. The van der Waals surface area contributed by atoms with Crippen molar-refractivity contribution >= 4 is 35.6 Å². The molecule has 7 rings (SSSR count). The molecular formula is C49H57NO17. The summed E-state index contributed by atoms with van der Waals surface area (Å²) in [6.45, 7) is 7.97. The predicted octanol–water partition coefficient (Wildman–Crippen LogP) is 3.86. The molecule has 1 aliphatic heterocycles. The molecule has 1 saturated heterocycles. The standard InChI is InChI=1S/C47H51NO14.C2H6O3/c1-25-31(60-43(56)36(52)35(28-16-10-7-11-17-28)48-41(54)29-18-12-8-13-19-29)23-47(57)40(61-42(55)30-20-14-9-15-21-30)38-45(6,32(51)22-33-46(38,24-58-33)62-27(3)50)39(53)37(59-26(2)49)34(25)44(47,4)5;1-3-5-4-2/h7-21,31-33,35-38,40,51-52,57H,22-24H2,1-6H3,(H,48,54);1-2H3/t31-,32-,33+,35-,36+,37+,38-,40-,45+,46-,47+;/m0./s1. The molecule has 0 unspecified atom stereocenters. The van der Waals surface area contributed by atoms with Crippen LogP contribution in [0.3, 0.4) is 0 Å². The summed E-state index contributed by atoms with van der Waals surface area (Å²) in [6, 6.07) is 22.9. The minimum atomic E-state index is -2.39. The van der Waals surface area contributed by atoms with Gasteiger partial charge in [-0.1, -0.05) is 85.6 Å². The number of carbonyl (C=O) groups excluding carboxylic acids is 6. The Morgan fingerprint density at radius 3 is 1.88 bits per heavy atom. The maximum Gasteiger partial charge on any atom is 0.338 e. The van der Waals surface area contributed by atoms with Crippen LogP contribution in [0.5, 0.6) is 0 Å². The highest BCUT2D eigenvalue weighted by Gasteiger charge is 2.78. The van der Waals surface area contributed by atoms with Gasteiger partial charge in [-0.15, -0.1) is 0 Å². The highest BCUT2D eigenvalue weighted by atomic mass is 17.5. The molecule has 3 fully saturated rings. The van der Waals surface area contributed by atoms with Crippen LogP contribution >= 0.6 is 0 Å². The maximum absolute atomic E-state index is 15.5. The molecule has 18 nitrogen and oxygen atoms in total. The van der Waals surface area contributed by atoms with E-state index < -0.39 is 113 Å². The smallest absolute Gasteiger partial charge is 0.338 e. The summed E-state index contributed by atoms with van der Waals surface area (Å²) in [7, 11) is 2.73. The van der Waals surface area contributed by atoms with Crippen LogP contribution in [0.15, 0.2) is 102 Å². The minimum Gasteiger partial charge on any atom is -0.456 e. The second-order valence-corrected chi connectivity index (χ2v) is 17.8. The van der Waals surface area contributed by atoms with Crippen molar-refractivity contribution in [3.05, 3.63) is 119 Å². The van der Waals surface area contributed by atoms with E-state index in [0.717, 1.165) is 13.8 Å². The molecule has 3 aromatic carbocycles. The van der Waals surface area contributed by atoms with Crippen molar-refractivity contribution in [3.8, 4) is 0 Å². The molecule has 2 bridgehead atoms. The van der Waals surface area contributed by atoms with Gasteiger partial charge in [-0.2, -0.15) is 0 Å². The minimum absolute atomic E-state index is 0.00289. The largest absolute Gasteiger partial charge is 0.456 e. The maximum atomic E-state index is 15.5. The molecule has 0 spiro atoms. The molecule has 67 heavy (non-hydrogen) atoms. The average Bonchev–Trinajstić information content (AvgIpc) is 3.30. The Morgan fingerprint density at radius 1 is 0.806 bits per heavy atom. The molecule has 18 heteroatoms. The van der Waals surface area contributed by atoms with Crippen LogP contribution in [-0.2, 0) is 57.7 Å². The van der Waals surface area contributed by atoms with Gasteiger partial charge in [0.25, 0.3) is 5.91 Å². The number of Topliss-reactive ketones (excluding diaryl/α,β-unsaturated/α-hetero) is 1. The number of fused-ring (bicyclic) bond motifs is 5. The fourth-order valence-corrected chi connectivity index (χ4v) is 10.3. The van der Waals surface area contributed by atoms with Gasteiger partial charge in [-0.3, -0.25) is 19.2 Å². The normalized spacial score (nSPS) is 30.1. The topological polar surface area (TPSA) is 249 Å². The van der Waals surface area contributed by atoms with E-state index in [9.17, 15) is 39.3 Å². The van der Waals surface area contributed by atoms with Gasteiger partial charge in [0.1, 0.15) is 23.9 Å². The van der Waals surface area contributed by atoms with E-state index in [0.29, 0.717) is 5.56 Å². The number of nitrogens with one attached hydrogen (secondary N) is 1. The number of rotatable bonds is 12. The molecule has 1 amide bonds. The van der Waals surface area contributed by atoms with Gasteiger partial charge in [0.2, 0.25) is 0 Å². The van der Waals surface area contributed by atoms with E-state index in [1.807, 2.05) is 0 Å². The lowest BCUT2D eigenvalue weighted by atomic mass is 9.44. The van der Waals surface area contributed by atoms with Crippen molar-refractivity contribution in [2.75, 3.05) is 20.8 Å². The van der Waals surface area contributed by atoms with Crippen molar-refractivity contribution < 1.29 is 82.6 Å². The number of ketones is 1. The van der Waals surface area contributed by atoms with Crippen molar-refractivity contribution in [2.45, 2.75) is 108 Å². The van der Waals surface area contributed by atoms with E-state index in [-0.39, 0.29) is 35.3 Å². The van der Waals surface area contributed by atoms with Crippen LogP contribution in [0, 0.1) is 16.7 Å². The third-order valence-electron chi connectivity index (χ3n) is 13.6. The number of hydrogen-bond acceptors (Lipinski definition) is 17. The second-order valence-electron chi connectivity index (χ2n) is 17.8. The third-order valence-corrected chi connectivity index (χ3v) is 13.6. The van der Waals surface area contributed by atoms with Gasteiger partial charge in [-0.25, -0.2) is 19.4 Å². The highest BCUT2D eigenvalue weighted by Crippen LogP contribution is 2.64. The summed E-state index contributed by atoms with van der Waals surface area (Å²) in [5, 5.41) is 44.1. The van der Waals surface area contributed by atoms with Gasteiger partial charge in [0.15, 0.2) is 23.6 Å². The first kappa shape index (κ1) is 50.6. The third kappa shape index (κ3) is 9.39. The van der Waals surface area contributed by atoms with E-state index in [1.165, 1.54) is 40.2 Å². The number of amides is 1. The lowest BCUT2D eigenvalue weighted by Crippen LogP contribution is -2.82. The molecule has 4 N–H and O–H groups in total. The molecular weight excluding hydrogens is 875 g/mol. The molecule has 3 aliphatic carbocycles. The molecule has 0 radical (unpaired) electrons. The number of carbonyl (C=O) groups is 6. The Morgan fingerprint density at radius 2 is 1.37 bits per heavy atom. The Kier molecular flexibility index (Phi) is 15.2. The molecule has 2 saturated carbocycles. The SMILES string of the molecule is CC(=O)O[C@H]1C(=O)[C@@]2(C)[C@H]([C@H](OC(=O)c3ccccc3)[C@]3(O)C[C@H](OC(=O)[C@H](O)[C@@H](NC(=O)c4ccccc4)c4ccccc4)C(C)=C1C3(C)C)[C@]1(OC(C)=O)CO[C@@H]1C[C@@H]2O.COOOC. The summed E-state index contributed by atoms with van der Waals surface area (Å²) in [6.07, 6.45) is -10.5. The van der Waals surface area contributed by atoms with Gasteiger partial charge >= 0.3 is 23.9 Å². The lowest BCUT2D eigenvalue weighted by Gasteiger charge is -2.67. The molecule has 0 aromatic heterocycles.